The number of nitrogens with zero attached hydrogens (tertiary/aromatic N) is 3. The van der Waals surface area contributed by atoms with E-state index in [0.29, 0.717) is 5.57 Å². The molecule has 1 atom stereocenters. The Labute approximate surface area is 90.8 Å². The highest BCUT2D eigenvalue weighted by Gasteiger charge is 2.25. The maximum Gasteiger partial charge on any atom is 0.155 e. The van der Waals surface area contributed by atoms with Crippen LogP contribution in [0.15, 0.2) is 35.9 Å². The topological polar surface area (TPSA) is 49.6 Å². The van der Waals surface area contributed by atoms with Gasteiger partial charge in [-0.1, -0.05) is 0 Å². The van der Waals surface area contributed by atoms with Crippen LogP contribution in [0.5, 0.6) is 0 Å². The second-order valence-corrected chi connectivity index (χ2v) is 3.29. The van der Waals surface area contributed by atoms with Crippen molar-refractivity contribution in [2.75, 3.05) is 0 Å². The van der Waals surface area contributed by atoms with Crippen LogP contribution < -0.4 is 0 Å². The Morgan fingerprint density at radius 2 is 2.06 bits per heavy atom. The van der Waals surface area contributed by atoms with Crippen LogP contribution in [-0.4, -0.2) is 16.1 Å². The zero-order chi connectivity index (χ0) is 11.5. The number of nitriles is 1. The van der Waals surface area contributed by atoms with Crippen LogP contribution in [0.4, 0.5) is 8.78 Å². The largest absolute Gasteiger partial charge is 0.241 e. The molecule has 0 saturated carbocycles. The van der Waals surface area contributed by atoms with Gasteiger partial charge >= 0.3 is 0 Å². The second-order valence-electron chi connectivity index (χ2n) is 3.29. The molecule has 5 heteroatoms. The van der Waals surface area contributed by atoms with E-state index in [0.717, 1.165) is 6.08 Å². The molecule has 0 N–H and O–H groups in total. The van der Waals surface area contributed by atoms with Crippen molar-refractivity contribution in [1.82, 2.24) is 9.97 Å². The highest BCUT2D eigenvalue weighted by atomic mass is 19.1. The van der Waals surface area contributed by atoms with Gasteiger partial charge in [-0.15, -0.1) is 0 Å². The van der Waals surface area contributed by atoms with Crippen molar-refractivity contribution in [3.05, 3.63) is 41.8 Å². The minimum Gasteiger partial charge on any atom is -0.241 e. The summed E-state index contributed by atoms with van der Waals surface area (Å²) in [7, 11) is 0. The fourth-order valence-corrected chi connectivity index (χ4v) is 1.48. The van der Waals surface area contributed by atoms with Gasteiger partial charge in [0.25, 0.3) is 0 Å². The summed E-state index contributed by atoms with van der Waals surface area (Å²) in [6.45, 7) is 0. The number of allylic oxidation sites excluding steroid dienone is 4. The lowest BCUT2D eigenvalue weighted by Crippen LogP contribution is -2.11. The van der Waals surface area contributed by atoms with Gasteiger partial charge in [-0.05, 0) is 12.1 Å². The minimum atomic E-state index is -1.62. The van der Waals surface area contributed by atoms with Gasteiger partial charge in [-0.25, -0.2) is 18.7 Å². The Morgan fingerprint density at radius 1 is 1.38 bits per heavy atom. The van der Waals surface area contributed by atoms with E-state index in [1.165, 1.54) is 18.5 Å². The molecule has 1 aromatic heterocycles. The van der Waals surface area contributed by atoms with Gasteiger partial charge in [-0.2, -0.15) is 5.26 Å². The lowest BCUT2D eigenvalue weighted by molar-refractivity contribution is 0.383. The first kappa shape index (κ1) is 10.4. The summed E-state index contributed by atoms with van der Waals surface area (Å²) in [5.41, 5.74) is -0.0933. The van der Waals surface area contributed by atoms with Crippen molar-refractivity contribution in [3.8, 4) is 6.07 Å². The second kappa shape index (κ2) is 4.19. The average molecular weight is 219 g/mol. The number of alkyl halides is 1. The minimum absolute atomic E-state index is 0.0691. The third-order valence-electron chi connectivity index (χ3n) is 2.24. The van der Waals surface area contributed by atoms with Gasteiger partial charge in [0.2, 0.25) is 0 Å². The van der Waals surface area contributed by atoms with Gasteiger partial charge in [0.1, 0.15) is 18.1 Å². The molecular weight excluding hydrogens is 212 g/mol. The maximum absolute atomic E-state index is 13.4. The summed E-state index contributed by atoms with van der Waals surface area (Å²) >= 11 is 0. The van der Waals surface area contributed by atoms with Crippen molar-refractivity contribution in [2.24, 2.45) is 0 Å². The van der Waals surface area contributed by atoms with Crippen LogP contribution in [0.1, 0.15) is 12.2 Å². The van der Waals surface area contributed by atoms with E-state index in [-0.39, 0.29) is 12.2 Å². The molecule has 0 aromatic carbocycles. The third-order valence-corrected chi connectivity index (χ3v) is 2.24. The maximum atomic E-state index is 13.4. The molecule has 0 radical (unpaired) electrons. The van der Waals surface area contributed by atoms with Crippen LogP contribution in [0.25, 0.3) is 5.57 Å². The first-order valence-corrected chi connectivity index (χ1v) is 4.64. The van der Waals surface area contributed by atoms with E-state index in [2.05, 4.69) is 9.97 Å². The van der Waals surface area contributed by atoms with Crippen LogP contribution >= 0.6 is 0 Å². The van der Waals surface area contributed by atoms with Crippen LogP contribution in [-0.2, 0) is 0 Å². The molecule has 1 aliphatic carbocycles. The van der Waals surface area contributed by atoms with Crippen LogP contribution in [0, 0.1) is 11.3 Å². The van der Waals surface area contributed by atoms with Gasteiger partial charge in [0, 0.05) is 24.4 Å². The SMILES string of the molecule is N#CC1=C(F)C=C(c2ncccn2)CC1F. The number of halogens is 2. The Morgan fingerprint density at radius 3 is 2.62 bits per heavy atom. The molecular formula is C11H7F2N3. The Kier molecular flexibility index (Phi) is 2.73. The first-order chi connectivity index (χ1) is 7.72. The van der Waals surface area contributed by atoms with Crippen LogP contribution in [0.3, 0.4) is 0 Å². The molecule has 3 nitrogen and oxygen atoms in total. The molecule has 1 heterocycles. The molecule has 0 amide bonds. The summed E-state index contributed by atoms with van der Waals surface area (Å²) in [6.07, 6.45) is 2.42. The Balaban J connectivity index is 2.41. The van der Waals surface area contributed by atoms with E-state index in [1.807, 2.05) is 0 Å². The number of rotatable bonds is 1. The fraction of sp³-hybridized carbons (Fsp3) is 0.182. The van der Waals surface area contributed by atoms with Gasteiger partial charge < -0.3 is 0 Å². The van der Waals surface area contributed by atoms with E-state index < -0.39 is 17.6 Å². The summed E-state index contributed by atoms with van der Waals surface area (Å²) in [5, 5.41) is 8.54. The monoisotopic (exact) mass is 219 g/mol. The molecule has 0 spiro atoms. The molecule has 1 aliphatic rings. The van der Waals surface area contributed by atoms with Crippen molar-refractivity contribution in [2.45, 2.75) is 12.6 Å². The predicted octanol–water partition coefficient (Wildman–Crippen LogP) is 2.35. The van der Waals surface area contributed by atoms with Gasteiger partial charge in [0.05, 0.1) is 5.57 Å². The molecule has 0 bridgehead atoms. The van der Waals surface area contributed by atoms with Crippen LogP contribution in [0.2, 0.25) is 0 Å². The molecule has 1 unspecified atom stereocenters. The first-order valence-electron chi connectivity index (χ1n) is 4.64. The van der Waals surface area contributed by atoms with Gasteiger partial charge in [-0.3, -0.25) is 0 Å². The smallest absolute Gasteiger partial charge is 0.155 e. The van der Waals surface area contributed by atoms with Crippen molar-refractivity contribution < 1.29 is 8.78 Å². The summed E-state index contributed by atoms with van der Waals surface area (Å²) in [6, 6.07) is 3.14. The number of hydrogen-bond acceptors (Lipinski definition) is 3. The molecule has 16 heavy (non-hydrogen) atoms. The summed E-state index contributed by atoms with van der Waals surface area (Å²) < 4.78 is 26.7. The molecule has 0 saturated heterocycles. The van der Waals surface area contributed by atoms with E-state index >= 15 is 0 Å². The van der Waals surface area contributed by atoms with E-state index in [1.54, 1.807) is 6.07 Å². The Bertz CT molecular complexity index is 500. The third kappa shape index (κ3) is 1.82. The lowest BCUT2D eigenvalue weighted by Gasteiger charge is -2.14. The molecule has 1 aromatic rings. The average Bonchev–Trinajstić information content (AvgIpc) is 2.30. The van der Waals surface area contributed by atoms with Gasteiger partial charge in [0.15, 0.2) is 5.82 Å². The summed E-state index contributed by atoms with van der Waals surface area (Å²) in [4.78, 5) is 7.81. The zero-order valence-corrected chi connectivity index (χ0v) is 8.19. The lowest BCUT2D eigenvalue weighted by atomic mass is 9.96. The summed E-state index contributed by atoms with van der Waals surface area (Å²) in [5.74, 6) is -0.555. The molecule has 2 rings (SSSR count). The highest BCUT2D eigenvalue weighted by molar-refractivity contribution is 5.67. The normalized spacial score (nSPS) is 20.3. The number of aromatic nitrogens is 2. The highest BCUT2D eigenvalue weighted by Crippen LogP contribution is 2.31. The van der Waals surface area contributed by atoms with Crippen molar-refractivity contribution in [3.63, 3.8) is 0 Å². The molecule has 0 fully saturated rings. The predicted molar refractivity (Wildman–Crippen MR) is 53.3 cm³/mol. The standard InChI is InChI=1S/C11H7F2N3/c12-9-4-7(5-10(13)8(9)6-14)11-15-2-1-3-16-11/h1-4,10H,5H2. The Hall–Kier alpha value is -2.09. The van der Waals surface area contributed by atoms with Crippen molar-refractivity contribution >= 4 is 5.57 Å². The number of hydrogen-bond donors (Lipinski definition) is 0. The van der Waals surface area contributed by atoms with E-state index in [4.69, 9.17) is 5.26 Å². The zero-order valence-electron chi connectivity index (χ0n) is 8.19. The molecule has 80 valence electrons. The quantitative estimate of drug-likeness (QED) is 0.728. The van der Waals surface area contributed by atoms with Crippen molar-refractivity contribution in [1.29, 1.82) is 5.26 Å². The molecule has 0 aliphatic heterocycles. The van der Waals surface area contributed by atoms with E-state index in [9.17, 15) is 8.78 Å². The fourth-order valence-electron chi connectivity index (χ4n) is 1.48.